The minimum Gasteiger partial charge on any atom is -0.390 e. The molecule has 1 aliphatic rings. The molecule has 0 saturated heterocycles. The average Bonchev–Trinajstić information content (AvgIpc) is 2.80. The summed E-state index contributed by atoms with van der Waals surface area (Å²) < 4.78 is 2.02. The van der Waals surface area contributed by atoms with Crippen molar-refractivity contribution in [1.29, 1.82) is 0 Å². The first-order valence-electron chi connectivity index (χ1n) is 7.30. The van der Waals surface area contributed by atoms with Gasteiger partial charge in [0.25, 0.3) is 0 Å². The average molecular weight is 287 g/mol. The number of nitrogens with one attached hydrogen (secondary N) is 1. The lowest BCUT2D eigenvalue weighted by Crippen LogP contribution is -2.23. The molecule has 1 aliphatic heterocycles. The van der Waals surface area contributed by atoms with E-state index in [1.54, 1.807) is 6.20 Å². The second-order valence-corrected chi connectivity index (χ2v) is 5.33. The zero-order chi connectivity index (χ0) is 14.7. The molecule has 0 unspecified atom stereocenters. The van der Waals surface area contributed by atoms with Crippen LogP contribution in [0, 0.1) is 0 Å². The Labute approximate surface area is 124 Å². The molecule has 0 atom stereocenters. The van der Waals surface area contributed by atoms with Crippen LogP contribution in [0.1, 0.15) is 23.4 Å². The summed E-state index contributed by atoms with van der Waals surface area (Å²) in [5.41, 5.74) is 3.13. The number of aliphatic hydroxyl groups is 1. The van der Waals surface area contributed by atoms with Gasteiger partial charge in [0.15, 0.2) is 0 Å². The molecule has 0 aliphatic carbocycles. The molecule has 0 spiro atoms. The van der Waals surface area contributed by atoms with Crippen molar-refractivity contribution >= 4 is 5.82 Å². The lowest BCUT2D eigenvalue weighted by molar-refractivity contribution is 0.260. The number of nitrogens with zero attached hydrogens (tertiary/aromatic N) is 4. The third-order valence-electron chi connectivity index (χ3n) is 3.83. The van der Waals surface area contributed by atoms with Crippen molar-refractivity contribution in [3.8, 4) is 0 Å². The fourth-order valence-electron chi connectivity index (χ4n) is 2.83. The maximum Gasteiger partial charge on any atom is 0.130 e. The molecule has 112 valence electrons. The van der Waals surface area contributed by atoms with Crippen molar-refractivity contribution < 1.29 is 5.11 Å². The Morgan fingerprint density at radius 3 is 3.10 bits per heavy atom. The molecule has 2 aromatic heterocycles. The van der Waals surface area contributed by atoms with E-state index >= 15 is 0 Å². The third-order valence-corrected chi connectivity index (χ3v) is 3.83. The fraction of sp³-hybridized carbons (Fsp3) is 0.467. The van der Waals surface area contributed by atoms with Gasteiger partial charge in [0.05, 0.1) is 18.0 Å². The number of aliphatic hydroxyl groups excluding tert-OH is 1. The molecule has 0 radical (unpaired) electrons. The van der Waals surface area contributed by atoms with Gasteiger partial charge in [0.1, 0.15) is 5.82 Å². The zero-order valence-corrected chi connectivity index (χ0v) is 12.3. The molecule has 2 N–H and O–H groups in total. The summed E-state index contributed by atoms with van der Waals surface area (Å²) in [7, 11) is 1.90. The van der Waals surface area contributed by atoms with Crippen molar-refractivity contribution in [2.45, 2.75) is 32.7 Å². The van der Waals surface area contributed by atoms with Crippen LogP contribution in [0.15, 0.2) is 24.4 Å². The summed E-state index contributed by atoms with van der Waals surface area (Å²) in [5.74, 6) is 0.936. The van der Waals surface area contributed by atoms with Gasteiger partial charge in [-0.2, -0.15) is 5.10 Å². The Kier molecular flexibility index (Phi) is 4.17. The molecule has 3 heterocycles. The number of fused-ring (bicyclic) bond motifs is 1. The van der Waals surface area contributed by atoms with Crippen LogP contribution in [0.3, 0.4) is 0 Å². The van der Waals surface area contributed by atoms with Crippen molar-refractivity contribution in [2.24, 2.45) is 0 Å². The van der Waals surface area contributed by atoms with Crippen LogP contribution >= 0.6 is 0 Å². The number of rotatable bonds is 4. The number of hydrogen-bond acceptors (Lipinski definition) is 5. The van der Waals surface area contributed by atoms with E-state index in [1.165, 1.54) is 11.3 Å². The Bertz CT molecular complexity index is 610. The highest BCUT2D eigenvalue weighted by Crippen LogP contribution is 2.19. The van der Waals surface area contributed by atoms with Gasteiger partial charge >= 0.3 is 0 Å². The first kappa shape index (κ1) is 14.0. The van der Waals surface area contributed by atoms with Crippen molar-refractivity contribution in [3.63, 3.8) is 0 Å². The molecule has 3 rings (SSSR count). The molecule has 0 amide bonds. The second kappa shape index (κ2) is 6.24. The van der Waals surface area contributed by atoms with Gasteiger partial charge in [-0.05, 0) is 18.6 Å². The molecule has 0 fully saturated rings. The minimum absolute atomic E-state index is 0.00646. The zero-order valence-electron chi connectivity index (χ0n) is 12.3. The lowest BCUT2D eigenvalue weighted by Gasteiger charge is -2.20. The van der Waals surface area contributed by atoms with Gasteiger partial charge in [-0.1, -0.05) is 6.07 Å². The monoisotopic (exact) mass is 287 g/mol. The SMILES string of the molecule is CNc1ncccc1CN1CCCn2nc(CO)cc2C1. The van der Waals surface area contributed by atoms with E-state index in [2.05, 4.69) is 26.4 Å². The van der Waals surface area contributed by atoms with Crippen LogP contribution in [-0.2, 0) is 26.2 Å². The second-order valence-electron chi connectivity index (χ2n) is 5.33. The van der Waals surface area contributed by atoms with Crippen molar-refractivity contribution in [3.05, 3.63) is 41.3 Å². The normalized spacial score (nSPS) is 15.5. The lowest BCUT2D eigenvalue weighted by atomic mass is 10.2. The van der Waals surface area contributed by atoms with Gasteiger partial charge in [0, 0.05) is 45.0 Å². The first-order chi connectivity index (χ1) is 10.3. The molecular weight excluding hydrogens is 266 g/mol. The fourth-order valence-corrected chi connectivity index (χ4v) is 2.83. The summed E-state index contributed by atoms with van der Waals surface area (Å²) in [5, 5.41) is 16.8. The largest absolute Gasteiger partial charge is 0.390 e. The molecule has 0 aromatic carbocycles. The van der Waals surface area contributed by atoms with Crippen LogP contribution in [0.5, 0.6) is 0 Å². The highest BCUT2D eigenvalue weighted by Gasteiger charge is 2.17. The number of aromatic nitrogens is 3. The first-order valence-corrected chi connectivity index (χ1v) is 7.30. The van der Waals surface area contributed by atoms with Crippen LogP contribution in [0.2, 0.25) is 0 Å². The maximum absolute atomic E-state index is 9.22. The van der Waals surface area contributed by atoms with E-state index in [1.807, 2.05) is 23.9 Å². The highest BCUT2D eigenvalue weighted by molar-refractivity contribution is 5.42. The summed E-state index contributed by atoms with van der Waals surface area (Å²) in [6.07, 6.45) is 2.87. The summed E-state index contributed by atoms with van der Waals surface area (Å²) in [6, 6.07) is 6.09. The molecule has 0 bridgehead atoms. The van der Waals surface area contributed by atoms with Crippen molar-refractivity contribution in [2.75, 3.05) is 18.9 Å². The molecule has 2 aromatic rings. The molecule has 6 nitrogen and oxygen atoms in total. The Hall–Kier alpha value is -1.92. The summed E-state index contributed by atoms with van der Waals surface area (Å²) in [4.78, 5) is 6.76. The van der Waals surface area contributed by atoms with Crippen LogP contribution in [-0.4, -0.2) is 38.4 Å². The number of pyridine rings is 1. The van der Waals surface area contributed by atoms with Crippen molar-refractivity contribution in [1.82, 2.24) is 19.7 Å². The van der Waals surface area contributed by atoms with Crippen LogP contribution < -0.4 is 5.32 Å². The maximum atomic E-state index is 9.22. The van der Waals surface area contributed by atoms with E-state index in [0.717, 1.165) is 44.1 Å². The molecular formula is C15H21N5O. The molecule has 21 heavy (non-hydrogen) atoms. The summed E-state index contributed by atoms with van der Waals surface area (Å²) in [6.45, 7) is 3.68. The smallest absolute Gasteiger partial charge is 0.130 e. The highest BCUT2D eigenvalue weighted by atomic mass is 16.3. The van der Waals surface area contributed by atoms with Gasteiger partial charge in [-0.3, -0.25) is 9.58 Å². The van der Waals surface area contributed by atoms with Gasteiger partial charge in [0.2, 0.25) is 0 Å². The quantitative estimate of drug-likeness (QED) is 0.885. The number of aryl methyl sites for hydroxylation is 1. The van der Waals surface area contributed by atoms with E-state index in [9.17, 15) is 5.11 Å². The summed E-state index contributed by atoms with van der Waals surface area (Å²) >= 11 is 0. The number of hydrogen-bond donors (Lipinski definition) is 2. The van der Waals surface area contributed by atoms with Crippen LogP contribution in [0.25, 0.3) is 0 Å². The standard InChI is InChI=1S/C15H21N5O/c1-16-15-12(4-2-5-17-15)9-19-6-3-7-20-14(10-19)8-13(11-21)18-20/h2,4-5,8,21H,3,6-7,9-11H2,1H3,(H,16,17). The van der Waals surface area contributed by atoms with Crippen LogP contribution in [0.4, 0.5) is 5.82 Å². The van der Waals surface area contributed by atoms with Gasteiger partial charge in [-0.25, -0.2) is 4.98 Å². The predicted octanol–water partition coefficient (Wildman–Crippen LogP) is 1.22. The molecule has 0 saturated carbocycles. The van der Waals surface area contributed by atoms with E-state index in [0.29, 0.717) is 0 Å². The third kappa shape index (κ3) is 3.06. The Balaban J connectivity index is 1.77. The van der Waals surface area contributed by atoms with E-state index in [-0.39, 0.29) is 6.61 Å². The minimum atomic E-state index is 0.00646. The number of anilines is 1. The van der Waals surface area contributed by atoms with E-state index < -0.39 is 0 Å². The Morgan fingerprint density at radius 1 is 1.38 bits per heavy atom. The van der Waals surface area contributed by atoms with E-state index in [4.69, 9.17) is 0 Å². The van der Waals surface area contributed by atoms with Gasteiger partial charge in [-0.15, -0.1) is 0 Å². The Morgan fingerprint density at radius 2 is 2.29 bits per heavy atom. The van der Waals surface area contributed by atoms with Gasteiger partial charge < -0.3 is 10.4 Å². The predicted molar refractivity (Wildman–Crippen MR) is 80.7 cm³/mol. The topological polar surface area (TPSA) is 66.2 Å². The molecule has 6 heteroatoms.